The molecule has 28 heavy (non-hydrogen) atoms. The van der Waals surface area contributed by atoms with Crippen LogP contribution in [0.5, 0.6) is 46.0 Å². The van der Waals surface area contributed by atoms with Gasteiger partial charge in [0.25, 0.3) is 0 Å². The second-order valence-corrected chi connectivity index (χ2v) is 6.25. The molecule has 0 fully saturated rings. The van der Waals surface area contributed by atoms with Crippen LogP contribution in [0.25, 0.3) is 32.7 Å². The van der Waals surface area contributed by atoms with Crippen LogP contribution in [0, 0.1) is 0 Å². The Morgan fingerprint density at radius 3 is 1.04 bits per heavy atom. The van der Waals surface area contributed by atoms with Gasteiger partial charge in [0.1, 0.15) is 0 Å². The molecule has 4 rings (SSSR count). The van der Waals surface area contributed by atoms with E-state index in [0.717, 1.165) is 0 Å². The molecule has 4 aromatic carbocycles. The largest absolute Gasteiger partial charge is 0.504 e. The summed E-state index contributed by atoms with van der Waals surface area (Å²) >= 11 is 0. The van der Waals surface area contributed by atoms with Gasteiger partial charge in [-0.25, -0.2) is 0 Å². The Hall–Kier alpha value is -4.20. The maximum atomic E-state index is 10.4. The van der Waals surface area contributed by atoms with Crippen molar-refractivity contribution in [2.24, 2.45) is 0 Å². The van der Waals surface area contributed by atoms with Gasteiger partial charge >= 0.3 is 0 Å². The lowest BCUT2D eigenvalue weighted by molar-refractivity contribution is 0.350. The lowest BCUT2D eigenvalue weighted by Gasteiger charge is -2.16. The van der Waals surface area contributed by atoms with Crippen LogP contribution < -0.4 is 0 Å². The Balaban J connectivity index is 2.24. The van der Waals surface area contributed by atoms with E-state index in [4.69, 9.17) is 0 Å². The van der Waals surface area contributed by atoms with Gasteiger partial charge in [-0.2, -0.15) is 0 Å². The quantitative estimate of drug-likeness (QED) is 0.184. The fourth-order valence-electron chi connectivity index (χ4n) is 3.40. The summed E-state index contributed by atoms with van der Waals surface area (Å²) in [6.45, 7) is 0. The van der Waals surface area contributed by atoms with Crippen molar-refractivity contribution in [2.75, 3.05) is 0 Å². The van der Waals surface area contributed by atoms with E-state index in [-0.39, 0.29) is 32.7 Å². The van der Waals surface area contributed by atoms with Gasteiger partial charge in [0.15, 0.2) is 23.0 Å². The lowest BCUT2D eigenvalue weighted by atomic mass is 9.91. The molecule has 0 bridgehead atoms. The summed E-state index contributed by atoms with van der Waals surface area (Å²) in [6.07, 6.45) is 0. The van der Waals surface area contributed by atoms with Crippen LogP contribution in [0.1, 0.15) is 0 Å². The van der Waals surface area contributed by atoms with E-state index >= 15 is 0 Å². The van der Waals surface area contributed by atoms with E-state index in [1.54, 1.807) is 0 Å². The second-order valence-electron chi connectivity index (χ2n) is 6.25. The molecule has 142 valence electrons. The smallest absolute Gasteiger partial charge is 0.204 e. The van der Waals surface area contributed by atoms with Gasteiger partial charge < -0.3 is 40.9 Å². The highest BCUT2D eigenvalue weighted by molar-refractivity contribution is 6.14. The molecular formula is C20H14O8. The first-order chi connectivity index (χ1) is 13.3. The van der Waals surface area contributed by atoms with Crippen molar-refractivity contribution in [3.8, 4) is 57.1 Å². The Bertz CT molecular complexity index is 1190. The summed E-state index contributed by atoms with van der Waals surface area (Å²) in [5.74, 6) is -6.34. The highest BCUT2D eigenvalue weighted by Crippen LogP contribution is 2.54. The van der Waals surface area contributed by atoms with Crippen molar-refractivity contribution in [2.45, 2.75) is 0 Å². The molecule has 0 aromatic heterocycles. The van der Waals surface area contributed by atoms with Crippen molar-refractivity contribution < 1.29 is 40.9 Å². The van der Waals surface area contributed by atoms with Gasteiger partial charge in [-0.05, 0) is 11.1 Å². The number of benzene rings is 4. The molecule has 0 aliphatic rings. The first kappa shape index (κ1) is 17.2. The molecule has 0 atom stereocenters. The van der Waals surface area contributed by atoms with Crippen LogP contribution in [-0.4, -0.2) is 40.9 Å². The van der Waals surface area contributed by atoms with Gasteiger partial charge in [-0.15, -0.1) is 0 Å². The first-order valence-corrected chi connectivity index (χ1v) is 8.03. The van der Waals surface area contributed by atoms with E-state index in [9.17, 15) is 40.9 Å². The van der Waals surface area contributed by atoms with Gasteiger partial charge in [-0.3, -0.25) is 0 Å². The average molecular weight is 382 g/mol. The fraction of sp³-hybridized carbons (Fsp3) is 0. The molecule has 0 unspecified atom stereocenters. The van der Waals surface area contributed by atoms with Crippen molar-refractivity contribution in [3.05, 3.63) is 36.4 Å². The summed E-state index contributed by atoms with van der Waals surface area (Å²) in [5, 5.41) is 80.4. The molecule has 4 aromatic rings. The number of phenolic OH excluding ortho intramolecular Hbond substituents is 8. The van der Waals surface area contributed by atoms with Crippen LogP contribution in [0.2, 0.25) is 0 Å². The summed E-state index contributed by atoms with van der Waals surface area (Å²) in [6, 6.07) is 8.82. The highest BCUT2D eigenvalue weighted by Gasteiger charge is 2.24. The molecular weight excluding hydrogens is 368 g/mol. The standard InChI is InChI=1S/C20H14O8/c21-13-9-5-1-3-7(11(9)15(23)19(27)17(13)25)8-4-2-6-10-12(8)16(24)20(28)18(26)14(10)22/h1-6,21-28H. The summed E-state index contributed by atoms with van der Waals surface area (Å²) < 4.78 is 0. The van der Waals surface area contributed by atoms with Crippen molar-refractivity contribution in [1.29, 1.82) is 0 Å². The molecule has 0 aliphatic carbocycles. The zero-order valence-corrected chi connectivity index (χ0v) is 14.0. The van der Waals surface area contributed by atoms with Crippen molar-refractivity contribution in [1.82, 2.24) is 0 Å². The Kier molecular flexibility index (Phi) is 3.47. The molecule has 8 N–H and O–H groups in total. The molecule has 0 aliphatic heterocycles. The number of hydrogen-bond donors (Lipinski definition) is 8. The lowest BCUT2D eigenvalue weighted by Crippen LogP contribution is -1.88. The summed E-state index contributed by atoms with van der Waals surface area (Å²) in [5.41, 5.74) is 0.428. The van der Waals surface area contributed by atoms with E-state index in [1.165, 1.54) is 36.4 Å². The van der Waals surface area contributed by atoms with E-state index in [0.29, 0.717) is 0 Å². The number of aromatic hydroxyl groups is 8. The predicted octanol–water partition coefficient (Wildman–Crippen LogP) is 3.30. The zero-order chi connectivity index (χ0) is 20.3. The third kappa shape index (κ3) is 2.05. The van der Waals surface area contributed by atoms with Crippen LogP contribution in [-0.2, 0) is 0 Å². The number of fused-ring (bicyclic) bond motifs is 2. The van der Waals surface area contributed by atoms with Crippen LogP contribution in [0.4, 0.5) is 0 Å². The van der Waals surface area contributed by atoms with Crippen LogP contribution in [0.15, 0.2) is 36.4 Å². The van der Waals surface area contributed by atoms with E-state index in [2.05, 4.69) is 0 Å². The highest BCUT2D eigenvalue weighted by atomic mass is 16.3. The van der Waals surface area contributed by atoms with Crippen LogP contribution >= 0.6 is 0 Å². The van der Waals surface area contributed by atoms with Crippen molar-refractivity contribution >= 4 is 21.5 Å². The van der Waals surface area contributed by atoms with E-state index < -0.39 is 46.0 Å². The predicted molar refractivity (Wildman–Crippen MR) is 100 cm³/mol. The SMILES string of the molecule is Oc1c(O)c(O)c2c(-c3cccc4c(O)c(O)c(O)c(O)c34)cccc2c1O. The Morgan fingerprint density at radius 1 is 0.357 bits per heavy atom. The fourth-order valence-corrected chi connectivity index (χ4v) is 3.40. The molecule has 8 heteroatoms. The first-order valence-electron chi connectivity index (χ1n) is 8.03. The molecule has 0 radical (unpaired) electrons. The maximum absolute atomic E-state index is 10.4. The molecule has 8 nitrogen and oxygen atoms in total. The van der Waals surface area contributed by atoms with Crippen LogP contribution in [0.3, 0.4) is 0 Å². The number of rotatable bonds is 1. The minimum absolute atomic E-state index is 0.0222. The third-order valence-electron chi connectivity index (χ3n) is 4.75. The van der Waals surface area contributed by atoms with Gasteiger partial charge in [-0.1, -0.05) is 36.4 Å². The topological polar surface area (TPSA) is 162 Å². The van der Waals surface area contributed by atoms with Gasteiger partial charge in [0, 0.05) is 21.5 Å². The minimum atomic E-state index is -0.926. The van der Waals surface area contributed by atoms with E-state index in [1.807, 2.05) is 0 Å². The van der Waals surface area contributed by atoms with Crippen molar-refractivity contribution in [3.63, 3.8) is 0 Å². The average Bonchev–Trinajstić information content (AvgIpc) is 2.72. The number of phenols is 8. The monoisotopic (exact) mass is 382 g/mol. The third-order valence-corrected chi connectivity index (χ3v) is 4.75. The summed E-state index contributed by atoms with van der Waals surface area (Å²) in [7, 11) is 0. The number of hydrogen-bond acceptors (Lipinski definition) is 8. The zero-order valence-electron chi connectivity index (χ0n) is 14.0. The summed E-state index contributed by atoms with van der Waals surface area (Å²) in [4.78, 5) is 0. The Labute approximate surface area is 156 Å². The molecule has 0 saturated carbocycles. The molecule has 0 heterocycles. The van der Waals surface area contributed by atoms with Gasteiger partial charge in [0.2, 0.25) is 23.0 Å². The Morgan fingerprint density at radius 2 is 0.679 bits per heavy atom. The molecule has 0 amide bonds. The second kappa shape index (κ2) is 5.65. The molecule has 0 saturated heterocycles. The minimum Gasteiger partial charge on any atom is -0.504 e. The molecule has 0 spiro atoms. The maximum Gasteiger partial charge on any atom is 0.204 e. The normalized spacial score (nSPS) is 11.3. The van der Waals surface area contributed by atoms with Gasteiger partial charge in [0.05, 0.1) is 0 Å².